The van der Waals surface area contributed by atoms with Crippen molar-refractivity contribution < 1.29 is 14.4 Å². The van der Waals surface area contributed by atoms with Crippen LogP contribution in [0.5, 0.6) is 0 Å². The number of amides is 1. The molecular formula is C15H17ClN2O3. The molecule has 0 unspecified atom stereocenters. The molecule has 0 saturated heterocycles. The summed E-state index contributed by atoms with van der Waals surface area (Å²) in [7, 11) is 0. The van der Waals surface area contributed by atoms with E-state index in [0.717, 1.165) is 0 Å². The minimum Gasteiger partial charge on any atom is -0.385 e. The van der Waals surface area contributed by atoms with Gasteiger partial charge < -0.3 is 14.9 Å². The van der Waals surface area contributed by atoms with Crippen molar-refractivity contribution in [1.29, 1.82) is 0 Å². The summed E-state index contributed by atoms with van der Waals surface area (Å²) in [6.45, 7) is 5.24. The molecule has 0 bridgehead atoms. The van der Waals surface area contributed by atoms with Crippen LogP contribution in [0.3, 0.4) is 0 Å². The second kappa shape index (κ2) is 6.28. The summed E-state index contributed by atoms with van der Waals surface area (Å²) >= 11 is 5.86. The fourth-order valence-electron chi connectivity index (χ4n) is 1.95. The standard InChI is InChI=1S/C15H17ClN2O3/c1-8(2)17-15(20)12-13(18-21-14(12)9(3)19)10-4-6-11(16)7-5-10/h4-9,19H,1-3H3,(H,17,20)/t9-/m0/s1. The van der Waals surface area contributed by atoms with Gasteiger partial charge in [-0.25, -0.2) is 0 Å². The normalized spacial score (nSPS) is 12.5. The van der Waals surface area contributed by atoms with E-state index in [4.69, 9.17) is 16.1 Å². The largest absolute Gasteiger partial charge is 0.385 e. The lowest BCUT2D eigenvalue weighted by molar-refractivity contribution is 0.0930. The molecule has 2 N–H and O–H groups in total. The van der Waals surface area contributed by atoms with E-state index in [-0.39, 0.29) is 23.3 Å². The van der Waals surface area contributed by atoms with Gasteiger partial charge in [-0.2, -0.15) is 0 Å². The van der Waals surface area contributed by atoms with Gasteiger partial charge in [0, 0.05) is 16.6 Å². The summed E-state index contributed by atoms with van der Waals surface area (Å²) in [6, 6.07) is 6.87. The molecule has 2 rings (SSSR count). The van der Waals surface area contributed by atoms with Gasteiger partial charge in [0.25, 0.3) is 5.91 Å². The van der Waals surface area contributed by atoms with Crippen LogP contribution in [0, 0.1) is 0 Å². The minimum atomic E-state index is -0.925. The van der Waals surface area contributed by atoms with E-state index in [1.54, 1.807) is 24.3 Å². The SMILES string of the molecule is CC(C)NC(=O)c1c(-c2ccc(Cl)cc2)noc1[C@H](C)O. The number of hydrogen-bond acceptors (Lipinski definition) is 4. The maximum Gasteiger partial charge on any atom is 0.257 e. The van der Waals surface area contributed by atoms with E-state index in [9.17, 15) is 9.90 Å². The minimum absolute atomic E-state index is 0.0349. The Morgan fingerprint density at radius 2 is 1.90 bits per heavy atom. The molecule has 0 aliphatic carbocycles. The van der Waals surface area contributed by atoms with E-state index in [1.165, 1.54) is 6.92 Å². The molecule has 6 heteroatoms. The van der Waals surface area contributed by atoms with Gasteiger partial charge in [-0.05, 0) is 32.9 Å². The summed E-state index contributed by atoms with van der Waals surface area (Å²) in [6.07, 6.45) is -0.925. The Morgan fingerprint density at radius 1 is 1.29 bits per heavy atom. The Bertz CT molecular complexity index is 633. The van der Waals surface area contributed by atoms with Crippen molar-refractivity contribution in [1.82, 2.24) is 10.5 Å². The molecule has 1 aromatic heterocycles. The molecule has 1 atom stereocenters. The smallest absolute Gasteiger partial charge is 0.257 e. The topological polar surface area (TPSA) is 75.4 Å². The number of rotatable bonds is 4. The van der Waals surface area contributed by atoms with Gasteiger partial charge in [-0.1, -0.05) is 28.9 Å². The molecule has 1 heterocycles. The number of aliphatic hydroxyl groups excluding tert-OH is 1. The second-order valence-corrected chi connectivity index (χ2v) is 5.52. The van der Waals surface area contributed by atoms with Crippen molar-refractivity contribution in [2.75, 3.05) is 0 Å². The number of carbonyl (C=O) groups is 1. The van der Waals surface area contributed by atoms with Crippen molar-refractivity contribution in [2.45, 2.75) is 32.9 Å². The average Bonchev–Trinajstić information content (AvgIpc) is 2.83. The molecule has 0 spiro atoms. The summed E-state index contributed by atoms with van der Waals surface area (Å²) < 4.78 is 5.15. The number of nitrogens with zero attached hydrogens (tertiary/aromatic N) is 1. The Kier molecular flexibility index (Phi) is 4.65. The molecule has 112 valence electrons. The molecular weight excluding hydrogens is 292 g/mol. The number of benzene rings is 1. The predicted molar refractivity (Wildman–Crippen MR) is 80.2 cm³/mol. The van der Waals surface area contributed by atoms with E-state index >= 15 is 0 Å². The van der Waals surface area contributed by atoms with Gasteiger partial charge in [0.05, 0.1) is 0 Å². The Balaban J connectivity index is 2.51. The summed E-state index contributed by atoms with van der Waals surface area (Å²) in [5, 5.41) is 17.1. The third-order valence-electron chi connectivity index (χ3n) is 2.86. The van der Waals surface area contributed by atoms with Gasteiger partial charge in [0.2, 0.25) is 0 Å². The Labute approximate surface area is 127 Å². The third kappa shape index (κ3) is 3.43. The number of nitrogens with one attached hydrogen (secondary N) is 1. The quantitative estimate of drug-likeness (QED) is 0.909. The van der Waals surface area contributed by atoms with Gasteiger partial charge in [-0.3, -0.25) is 4.79 Å². The lowest BCUT2D eigenvalue weighted by Gasteiger charge is -2.10. The predicted octanol–water partition coefficient (Wildman–Crippen LogP) is 3.19. The van der Waals surface area contributed by atoms with Crippen LogP contribution in [0.25, 0.3) is 11.3 Å². The van der Waals surface area contributed by atoms with Gasteiger partial charge in [0.1, 0.15) is 17.4 Å². The second-order valence-electron chi connectivity index (χ2n) is 5.08. The van der Waals surface area contributed by atoms with Crippen LogP contribution < -0.4 is 5.32 Å². The van der Waals surface area contributed by atoms with Crippen LogP contribution in [-0.4, -0.2) is 22.2 Å². The van der Waals surface area contributed by atoms with Crippen LogP contribution in [0.2, 0.25) is 5.02 Å². The van der Waals surface area contributed by atoms with Crippen molar-refractivity contribution in [3.05, 3.63) is 40.6 Å². The van der Waals surface area contributed by atoms with Crippen molar-refractivity contribution in [3.8, 4) is 11.3 Å². The maximum atomic E-state index is 12.4. The first-order valence-corrected chi connectivity index (χ1v) is 7.02. The fraction of sp³-hybridized carbons (Fsp3) is 0.333. The number of halogens is 1. The molecule has 0 fully saturated rings. The van der Waals surface area contributed by atoms with Crippen LogP contribution in [0.15, 0.2) is 28.8 Å². The molecule has 0 aliphatic rings. The molecule has 21 heavy (non-hydrogen) atoms. The van der Waals surface area contributed by atoms with Crippen molar-refractivity contribution >= 4 is 17.5 Å². The number of aromatic nitrogens is 1. The van der Waals surface area contributed by atoms with Gasteiger partial charge in [-0.15, -0.1) is 0 Å². The molecule has 5 nitrogen and oxygen atoms in total. The third-order valence-corrected chi connectivity index (χ3v) is 3.11. The van der Waals surface area contributed by atoms with Crippen LogP contribution >= 0.6 is 11.6 Å². The highest BCUT2D eigenvalue weighted by molar-refractivity contribution is 6.30. The van der Waals surface area contributed by atoms with Gasteiger partial charge in [0.15, 0.2) is 5.76 Å². The zero-order valence-corrected chi connectivity index (χ0v) is 12.8. The maximum absolute atomic E-state index is 12.4. The molecule has 0 saturated carbocycles. The lowest BCUT2D eigenvalue weighted by Crippen LogP contribution is -2.31. The average molecular weight is 309 g/mol. The van der Waals surface area contributed by atoms with E-state index in [0.29, 0.717) is 16.3 Å². The van der Waals surface area contributed by atoms with Crippen LogP contribution in [0.4, 0.5) is 0 Å². The molecule has 0 aliphatic heterocycles. The zero-order valence-electron chi connectivity index (χ0n) is 12.1. The number of carbonyl (C=O) groups excluding carboxylic acids is 1. The summed E-state index contributed by atoms with van der Waals surface area (Å²) in [5.74, 6) is -0.176. The van der Waals surface area contributed by atoms with E-state index in [1.807, 2.05) is 13.8 Å². The van der Waals surface area contributed by atoms with Crippen molar-refractivity contribution in [2.24, 2.45) is 0 Å². The monoisotopic (exact) mass is 308 g/mol. The van der Waals surface area contributed by atoms with E-state index in [2.05, 4.69) is 10.5 Å². The molecule has 1 aromatic carbocycles. The highest BCUT2D eigenvalue weighted by Crippen LogP contribution is 2.29. The highest BCUT2D eigenvalue weighted by Gasteiger charge is 2.26. The van der Waals surface area contributed by atoms with Crippen LogP contribution in [0.1, 0.15) is 43.0 Å². The summed E-state index contributed by atoms with van der Waals surface area (Å²) in [4.78, 5) is 12.4. The first-order chi connectivity index (χ1) is 9.90. The lowest BCUT2D eigenvalue weighted by atomic mass is 10.0. The highest BCUT2D eigenvalue weighted by atomic mass is 35.5. The zero-order chi connectivity index (χ0) is 15.6. The number of aliphatic hydroxyl groups is 1. The number of hydrogen-bond donors (Lipinski definition) is 2. The Morgan fingerprint density at radius 3 is 2.43 bits per heavy atom. The molecule has 2 aromatic rings. The summed E-state index contributed by atoms with van der Waals surface area (Å²) in [5.41, 5.74) is 1.34. The first-order valence-electron chi connectivity index (χ1n) is 6.64. The van der Waals surface area contributed by atoms with E-state index < -0.39 is 6.10 Å². The Hall–Kier alpha value is -1.85. The van der Waals surface area contributed by atoms with Crippen LogP contribution in [-0.2, 0) is 0 Å². The molecule has 1 amide bonds. The fourth-order valence-corrected chi connectivity index (χ4v) is 2.07. The van der Waals surface area contributed by atoms with Crippen molar-refractivity contribution in [3.63, 3.8) is 0 Å². The molecule has 0 radical (unpaired) electrons. The van der Waals surface area contributed by atoms with Gasteiger partial charge >= 0.3 is 0 Å². The first kappa shape index (κ1) is 15.5.